The molecule has 1 aromatic carbocycles. The first-order valence-electron chi connectivity index (χ1n) is 4.04. The lowest BCUT2D eigenvalue weighted by Gasteiger charge is -2.19. The van der Waals surface area contributed by atoms with Crippen LogP contribution in [-0.4, -0.2) is 11.1 Å². The Morgan fingerprint density at radius 2 is 2.08 bits per heavy atom. The molecule has 0 spiro atoms. The lowest BCUT2D eigenvalue weighted by Crippen LogP contribution is -2.28. The van der Waals surface area contributed by atoms with Gasteiger partial charge in [-0.2, -0.15) is 0 Å². The Labute approximate surface area is 77.2 Å². The third kappa shape index (κ3) is 1.80. The Hall–Kier alpha value is -1.51. The van der Waals surface area contributed by atoms with Gasteiger partial charge in [-0.15, -0.1) is 0 Å². The third-order valence-electron chi connectivity index (χ3n) is 2.14. The fourth-order valence-electron chi connectivity index (χ4n) is 1.05. The van der Waals surface area contributed by atoms with Gasteiger partial charge in [0.2, 0.25) is 0 Å². The number of carbonyl (C=O) groups is 1. The fraction of sp³-hybridized carbons (Fsp3) is 0.300. The van der Waals surface area contributed by atoms with Crippen molar-refractivity contribution in [3.05, 3.63) is 29.8 Å². The van der Waals surface area contributed by atoms with Crippen LogP contribution >= 0.6 is 0 Å². The summed E-state index contributed by atoms with van der Waals surface area (Å²) in [6.07, 6.45) is 0. The Balaban J connectivity index is 3.14. The largest absolute Gasteiger partial charge is 0.481 e. The first-order valence-corrected chi connectivity index (χ1v) is 4.04. The van der Waals surface area contributed by atoms with E-state index in [0.717, 1.165) is 5.56 Å². The van der Waals surface area contributed by atoms with E-state index in [9.17, 15) is 4.79 Å². The molecule has 1 aromatic rings. The molecule has 0 aliphatic carbocycles. The summed E-state index contributed by atoms with van der Waals surface area (Å²) in [6.45, 7) is 3.31. The predicted octanol–water partition coefficient (Wildman–Crippen LogP) is 1.63. The van der Waals surface area contributed by atoms with Gasteiger partial charge in [0.25, 0.3) is 0 Å². The molecule has 0 unspecified atom stereocenters. The number of carboxylic acids is 1. The van der Waals surface area contributed by atoms with Crippen LogP contribution in [0.5, 0.6) is 0 Å². The van der Waals surface area contributed by atoms with E-state index in [1.807, 2.05) is 0 Å². The van der Waals surface area contributed by atoms with Gasteiger partial charge in [0, 0.05) is 5.69 Å². The van der Waals surface area contributed by atoms with Gasteiger partial charge in [0.15, 0.2) is 0 Å². The summed E-state index contributed by atoms with van der Waals surface area (Å²) < 4.78 is 0. The molecule has 3 heteroatoms. The molecule has 0 atom stereocenters. The summed E-state index contributed by atoms with van der Waals surface area (Å²) in [4.78, 5) is 10.9. The van der Waals surface area contributed by atoms with E-state index < -0.39 is 11.4 Å². The van der Waals surface area contributed by atoms with E-state index in [1.165, 1.54) is 0 Å². The fourth-order valence-corrected chi connectivity index (χ4v) is 1.05. The Kier molecular flexibility index (Phi) is 2.28. The van der Waals surface area contributed by atoms with Crippen molar-refractivity contribution in [2.75, 3.05) is 5.73 Å². The zero-order valence-electron chi connectivity index (χ0n) is 7.74. The maximum absolute atomic E-state index is 10.9. The van der Waals surface area contributed by atoms with Gasteiger partial charge in [0.05, 0.1) is 5.41 Å². The second-order valence-corrected chi connectivity index (χ2v) is 3.56. The molecule has 0 saturated carbocycles. The van der Waals surface area contributed by atoms with Crippen LogP contribution in [0.4, 0.5) is 5.69 Å². The minimum Gasteiger partial charge on any atom is -0.481 e. The summed E-state index contributed by atoms with van der Waals surface area (Å²) in [5, 5.41) is 8.94. The highest BCUT2D eigenvalue weighted by Gasteiger charge is 2.29. The number of nitrogens with two attached hydrogens (primary N) is 1. The number of anilines is 1. The van der Waals surface area contributed by atoms with Crippen molar-refractivity contribution in [1.82, 2.24) is 0 Å². The van der Waals surface area contributed by atoms with Crippen LogP contribution in [0.2, 0.25) is 0 Å². The summed E-state index contributed by atoms with van der Waals surface area (Å²) in [5.41, 5.74) is 5.99. The Morgan fingerprint density at radius 1 is 1.46 bits per heavy atom. The summed E-state index contributed by atoms with van der Waals surface area (Å²) in [6, 6.07) is 6.95. The highest BCUT2D eigenvalue weighted by atomic mass is 16.4. The van der Waals surface area contributed by atoms with Gasteiger partial charge in [0.1, 0.15) is 0 Å². The van der Waals surface area contributed by atoms with Gasteiger partial charge in [-0.25, -0.2) is 0 Å². The number of rotatable bonds is 2. The van der Waals surface area contributed by atoms with Crippen molar-refractivity contribution in [2.45, 2.75) is 19.3 Å². The average Bonchev–Trinajstić information content (AvgIpc) is 2.04. The molecule has 0 heterocycles. The zero-order valence-corrected chi connectivity index (χ0v) is 7.74. The minimum absolute atomic E-state index is 0.590. The van der Waals surface area contributed by atoms with Gasteiger partial charge in [-0.3, -0.25) is 4.79 Å². The summed E-state index contributed by atoms with van der Waals surface area (Å²) in [5.74, 6) is -0.849. The topological polar surface area (TPSA) is 63.3 Å². The van der Waals surface area contributed by atoms with Crippen LogP contribution in [0, 0.1) is 0 Å². The van der Waals surface area contributed by atoms with Crippen molar-refractivity contribution < 1.29 is 9.90 Å². The number of benzene rings is 1. The minimum atomic E-state index is -0.880. The normalized spacial score (nSPS) is 11.2. The first-order chi connectivity index (χ1) is 5.94. The van der Waals surface area contributed by atoms with E-state index in [4.69, 9.17) is 10.8 Å². The molecule has 0 bridgehead atoms. The van der Waals surface area contributed by atoms with Crippen LogP contribution in [0.25, 0.3) is 0 Å². The van der Waals surface area contributed by atoms with Crippen LogP contribution in [0.1, 0.15) is 19.4 Å². The molecular weight excluding hydrogens is 166 g/mol. The second-order valence-electron chi connectivity index (χ2n) is 3.56. The summed E-state index contributed by atoms with van der Waals surface area (Å²) >= 11 is 0. The van der Waals surface area contributed by atoms with Crippen molar-refractivity contribution in [1.29, 1.82) is 0 Å². The maximum atomic E-state index is 10.9. The molecule has 0 amide bonds. The molecule has 0 aromatic heterocycles. The molecule has 1 rings (SSSR count). The molecule has 0 aliphatic rings. The van der Waals surface area contributed by atoms with Crippen molar-refractivity contribution in [3.63, 3.8) is 0 Å². The lowest BCUT2D eigenvalue weighted by atomic mass is 9.85. The maximum Gasteiger partial charge on any atom is 0.313 e. The molecule has 0 saturated heterocycles. The van der Waals surface area contributed by atoms with E-state index in [0.29, 0.717) is 5.69 Å². The average molecular weight is 179 g/mol. The van der Waals surface area contributed by atoms with E-state index in [-0.39, 0.29) is 0 Å². The molecule has 3 N–H and O–H groups in total. The SMILES string of the molecule is CC(C)(C(=O)O)c1cccc(N)c1. The van der Waals surface area contributed by atoms with E-state index >= 15 is 0 Å². The van der Waals surface area contributed by atoms with Gasteiger partial charge in [-0.05, 0) is 31.5 Å². The molecule has 0 fully saturated rings. The van der Waals surface area contributed by atoms with Crippen LogP contribution in [-0.2, 0) is 10.2 Å². The Bertz CT molecular complexity index is 331. The first kappa shape index (κ1) is 9.58. The smallest absolute Gasteiger partial charge is 0.313 e. The highest BCUT2D eigenvalue weighted by Crippen LogP contribution is 2.24. The van der Waals surface area contributed by atoms with Crippen molar-refractivity contribution >= 4 is 11.7 Å². The zero-order chi connectivity index (χ0) is 10.1. The third-order valence-corrected chi connectivity index (χ3v) is 2.14. The standard InChI is InChI=1S/C10H13NO2/c1-10(2,9(12)13)7-4-3-5-8(11)6-7/h3-6H,11H2,1-2H3,(H,12,13). The lowest BCUT2D eigenvalue weighted by molar-refractivity contribution is -0.142. The second kappa shape index (κ2) is 3.09. The Morgan fingerprint density at radius 3 is 2.54 bits per heavy atom. The molecular formula is C10H13NO2. The van der Waals surface area contributed by atoms with Crippen LogP contribution in [0.3, 0.4) is 0 Å². The van der Waals surface area contributed by atoms with Gasteiger partial charge >= 0.3 is 5.97 Å². The molecule has 13 heavy (non-hydrogen) atoms. The number of aliphatic carboxylic acids is 1. The van der Waals surface area contributed by atoms with Crippen molar-refractivity contribution in [2.24, 2.45) is 0 Å². The van der Waals surface area contributed by atoms with Crippen LogP contribution in [0.15, 0.2) is 24.3 Å². The van der Waals surface area contributed by atoms with Crippen LogP contribution < -0.4 is 5.73 Å². The van der Waals surface area contributed by atoms with E-state index in [2.05, 4.69) is 0 Å². The highest BCUT2D eigenvalue weighted by molar-refractivity contribution is 5.80. The number of carboxylic acid groups (broad SMARTS) is 1. The summed E-state index contributed by atoms with van der Waals surface area (Å²) in [7, 11) is 0. The molecule has 70 valence electrons. The number of hydrogen-bond acceptors (Lipinski definition) is 2. The molecule has 3 nitrogen and oxygen atoms in total. The monoisotopic (exact) mass is 179 g/mol. The van der Waals surface area contributed by atoms with E-state index in [1.54, 1.807) is 38.1 Å². The molecule has 0 radical (unpaired) electrons. The quantitative estimate of drug-likeness (QED) is 0.678. The predicted molar refractivity (Wildman–Crippen MR) is 51.5 cm³/mol. The van der Waals surface area contributed by atoms with Gasteiger partial charge < -0.3 is 10.8 Å². The number of nitrogen functional groups attached to an aromatic ring is 1. The van der Waals surface area contributed by atoms with Crippen molar-refractivity contribution in [3.8, 4) is 0 Å². The number of hydrogen-bond donors (Lipinski definition) is 2. The molecule has 0 aliphatic heterocycles. The van der Waals surface area contributed by atoms with Gasteiger partial charge in [-0.1, -0.05) is 12.1 Å².